The molecule has 2 N–H and O–H groups in total. The van der Waals surface area contributed by atoms with Gasteiger partial charge in [-0.3, -0.25) is 9.48 Å². The number of thiazole rings is 1. The third kappa shape index (κ3) is 3.57. The lowest BCUT2D eigenvalue weighted by molar-refractivity contribution is -0.122. The van der Waals surface area contributed by atoms with Crippen molar-refractivity contribution in [2.45, 2.75) is 38.9 Å². The summed E-state index contributed by atoms with van der Waals surface area (Å²) in [6.45, 7) is 2.93. The largest absolute Gasteiger partial charge is 0.376 e. The second kappa shape index (κ2) is 5.62. The van der Waals surface area contributed by atoms with E-state index < -0.39 is 0 Å². The molecule has 20 heavy (non-hydrogen) atoms. The number of hydrogen-bond donors (Lipinski definition) is 2. The standard InChI is InChI=1S/C13H17N5OS/c1-9-8-20-13(16-9)5-14-11-4-15-18(6-11)7-12(19)17-10-2-3-10/h4,6,8,10,14H,2-3,5,7H2,1H3,(H,17,19). The molecule has 1 aliphatic carbocycles. The number of amides is 1. The lowest BCUT2D eigenvalue weighted by Crippen LogP contribution is -2.29. The Morgan fingerprint density at radius 3 is 3.10 bits per heavy atom. The fourth-order valence-corrected chi connectivity index (χ4v) is 2.56. The molecule has 0 spiro atoms. The molecule has 0 aliphatic heterocycles. The molecule has 0 saturated heterocycles. The summed E-state index contributed by atoms with van der Waals surface area (Å²) < 4.78 is 1.65. The predicted octanol–water partition coefficient (Wildman–Crippen LogP) is 1.54. The minimum absolute atomic E-state index is 0.0256. The van der Waals surface area contributed by atoms with E-state index in [0.29, 0.717) is 12.6 Å². The molecule has 0 radical (unpaired) electrons. The van der Waals surface area contributed by atoms with Crippen molar-refractivity contribution < 1.29 is 4.79 Å². The van der Waals surface area contributed by atoms with Gasteiger partial charge in [0.15, 0.2) is 0 Å². The Balaban J connectivity index is 1.49. The van der Waals surface area contributed by atoms with Crippen LogP contribution >= 0.6 is 11.3 Å². The molecule has 7 heteroatoms. The van der Waals surface area contributed by atoms with Gasteiger partial charge in [0.25, 0.3) is 0 Å². The van der Waals surface area contributed by atoms with Crippen LogP contribution in [0.1, 0.15) is 23.5 Å². The zero-order chi connectivity index (χ0) is 13.9. The van der Waals surface area contributed by atoms with Crippen LogP contribution in [-0.2, 0) is 17.9 Å². The van der Waals surface area contributed by atoms with Gasteiger partial charge in [-0.25, -0.2) is 4.98 Å². The average Bonchev–Trinajstić information content (AvgIpc) is 2.94. The Hall–Kier alpha value is -1.89. The molecule has 1 amide bonds. The van der Waals surface area contributed by atoms with Crippen LogP contribution in [0.4, 0.5) is 5.69 Å². The zero-order valence-corrected chi connectivity index (χ0v) is 12.1. The van der Waals surface area contributed by atoms with Gasteiger partial charge in [-0.05, 0) is 19.8 Å². The molecular formula is C13H17N5OS. The Bertz CT molecular complexity index is 601. The van der Waals surface area contributed by atoms with E-state index in [9.17, 15) is 4.79 Å². The second-order valence-electron chi connectivity index (χ2n) is 5.00. The SMILES string of the molecule is Cc1csc(CNc2cnn(CC(=O)NC3CC3)c2)n1. The maximum Gasteiger partial charge on any atom is 0.241 e. The van der Waals surface area contributed by atoms with Gasteiger partial charge < -0.3 is 10.6 Å². The highest BCUT2D eigenvalue weighted by molar-refractivity contribution is 7.09. The smallest absolute Gasteiger partial charge is 0.241 e. The number of carbonyl (C=O) groups excluding carboxylic acids is 1. The molecule has 0 bridgehead atoms. The molecule has 1 fully saturated rings. The Morgan fingerprint density at radius 2 is 2.40 bits per heavy atom. The van der Waals surface area contributed by atoms with Crippen LogP contribution in [0.5, 0.6) is 0 Å². The van der Waals surface area contributed by atoms with E-state index in [0.717, 1.165) is 29.2 Å². The molecule has 0 atom stereocenters. The van der Waals surface area contributed by atoms with Gasteiger partial charge in [-0.2, -0.15) is 5.10 Å². The number of carbonyl (C=O) groups is 1. The molecule has 1 saturated carbocycles. The van der Waals surface area contributed by atoms with Crippen molar-refractivity contribution in [2.75, 3.05) is 5.32 Å². The average molecular weight is 291 g/mol. The van der Waals surface area contributed by atoms with Gasteiger partial charge in [0.05, 0.1) is 18.4 Å². The first-order chi connectivity index (χ1) is 9.69. The van der Waals surface area contributed by atoms with Gasteiger partial charge >= 0.3 is 0 Å². The number of nitrogens with zero attached hydrogens (tertiary/aromatic N) is 3. The summed E-state index contributed by atoms with van der Waals surface area (Å²) >= 11 is 1.64. The predicted molar refractivity (Wildman–Crippen MR) is 77.6 cm³/mol. The minimum Gasteiger partial charge on any atom is -0.376 e. The van der Waals surface area contributed by atoms with Crippen LogP contribution in [0.3, 0.4) is 0 Å². The van der Waals surface area contributed by atoms with Crippen molar-refractivity contribution in [3.63, 3.8) is 0 Å². The third-order valence-corrected chi connectivity index (χ3v) is 3.96. The summed E-state index contributed by atoms with van der Waals surface area (Å²) in [5, 5.41) is 13.4. The van der Waals surface area contributed by atoms with Crippen molar-refractivity contribution in [3.8, 4) is 0 Å². The van der Waals surface area contributed by atoms with Gasteiger partial charge in [-0.1, -0.05) is 0 Å². The quantitative estimate of drug-likeness (QED) is 0.847. The number of nitrogens with one attached hydrogen (secondary N) is 2. The summed E-state index contributed by atoms with van der Waals surface area (Å²) in [5.41, 5.74) is 1.94. The van der Waals surface area contributed by atoms with E-state index in [1.54, 1.807) is 22.2 Å². The second-order valence-corrected chi connectivity index (χ2v) is 5.95. The van der Waals surface area contributed by atoms with Crippen LogP contribution in [-0.4, -0.2) is 26.7 Å². The van der Waals surface area contributed by atoms with Crippen LogP contribution in [0.25, 0.3) is 0 Å². The van der Waals surface area contributed by atoms with E-state index in [-0.39, 0.29) is 12.5 Å². The first-order valence-electron chi connectivity index (χ1n) is 6.66. The molecule has 106 valence electrons. The van der Waals surface area contributed by atoms with Crippen LogP contribution in [0.2, 0.25) is 0 Å². The summed E-state index contributed by atoms with van der Waals surface area (Å²) in [4.78, 5) is 16.0. The van der Waals surface area contributed by atoms with Gasteiger partial charge in [0.1, 0.15) is 11.6 Å². The lowest BCUT2D eigenvalue weighted by Gasteiger charge is -2.03. The Kier molecular flexibility index (Phi) is 3.68. The lowest BCUT2D eigenvalue weighted by atomic mass is 10.5. The van der Waals surface area contributed by atoms with Crippen molar-refractivity contribution in [2.24, 2.45) is 0 Å². The number of aryl methyl sites for hydroxylation is 1. The first-order valence-corrected chi connectivity index (χ1v) is 7.54. The highest BCUT2D eigenvalue weighted by atomic mass is 32.1. The van der Waals surface area contributed by atoms with Crippen LogP contribution < -0.4 is 10.6 Å². The summed E-state index contributed by atoms with van der Waals surface area (Å²) in [5.74, 6) is 0.0256. The summed E-state index contributed by atoms with van der Waals surface area (Å²) in [6.07, 6.45) is 5.77. The summed E-state index contributed by atoms with van der Waals surface area (Å²) in [6, 6.07) is 0.392. The molecule has 6 nitrogen and oxygen atoms in total. The van der Waals surface area contributed by atoms with Crippen molar-refractivity contribution in [1.82, 2.24) is 20.1 Å². The number of hydrogen-bond acceptors (Lipinski definition) is 5. The van der Waals surface area contributed by atoms with Crippen molar-refractivity contribution >= 4 is 22.9 Å². The maximum absolute atomic E-state index is 11.7. The van der Waals surface area contributed by atoms with Gasteiger partial charge in [-0.15, -0.1) is 11.3 Å². The normalized spacial score (nSPS) is 14.2. The molecular weight excluding hydrogens is 274 g/mol. The fraction of sp³-hybridized carbons (Fsp3) is 0.462. The maximum atomic E-state index is 11.7. The van der Waals surface area contributed by atoms with Crippen molar-refractivity contribution in [3.05, 3.63) is 28.5 Å². The molecule has 2 aromatic heterocycles. The highest BCUT2D eigenvalue weighted by Crippen LogP contribution is 2.18. The number of aromatic nitrogens is 3. The van der Waals surface area contributed by atoms with E-state index in [1.165, 1.54) is 0 Å². The van der Waals surface area contributed by atoms with Gasteiger partial charge in [0.2, 0.25) is 5.91 Å². The number of rotatable bonds is 6. The minimum atomic E-state index is 0.0256. The Morgan fingerprint density at radius 1 is 1.55 bits per heavy atom. The third-order valence-electron chi connectivity index (χ3n) is 2.99. The highest BCUT2D eigenvalue weighted by Gasteiger charge is 2.23. The molecule has 2 aromatic rings. The number of anilines is 1. The molecule has 0 unspecified atom stereocenters. The van der Waals surface area contributed by atoms with E-state index >= 15 is 0 Å². The van der Waals surface area contributed by atoms with E-state index in [4.69, 9.17) is 0 Å². The van der Waals surface area contributed by atoms with E-state index in [1.807, 2.05) is 18.5 Å². The first kappa shape index (κ1) is 13.1. The zero-order valence-electron chi connectivity index (χ0n) is 11.3. The van der Waals surface area contributed by atoms with Crippen LogP contribution in [0.15, 0.2) is 17.8 Å². The topological polar surface area (TPSA) is 71.8 Å². The summed E-state index contributed by atoms with van der Waals surface area (Å²) in [7, 11) is 0. The molecule has 2 heterocycles. The molecule has 3 rings (SSSR count). The van der Waals surface area contributed by atoms with Gasteiger partial charge in [0, 0.05) is 23.3 Å². The van der Waals surface area contributed by atoms with Crippen molar-refractivity contribution in [1.29, 1.82) is 0 Å². The Labute approximate surface area is 121 Å². The van der Waals surface area contributed by atoms with Crippen LogP contribution in [0, 0.1) is 6.92 Å². The molecule has 0 aromatic carbocycles. The molecule has 1 aliphatic rings. The van der Waals surface area contributed by atoms with E-state index in [2.05, 4.69) is 20.7 Å². The fourth-order valence-electron chi connectivity index (χ4n) is 1.85. The monoisotopic (exact) mass is 291 g/mol.